The van der Waals surface area contributed by atoms with Crippen molar-refractivity contribution in [1.82, 2.24) is 0 Å². The molecule has 6 heteroatoms. The molecule has 14 heavy (non-hydrogen) atoms. The molecular formula is C8H6ClFO3S. The second kappa shape index (κ2) is 4.06. The number of halogens is 2. The van der Waals surface area contributed by atoms with Crippen molar-refractivity contribution in [2.75, 3.05) is 5.75 Å². The summed E-state index contributed by atoms with van der Waals surface area (Å²) in [6, 6.07) is 5.13. The first-order chi connectivity index (χ1) is 6.40. The van der Waals surface area contributed by atoms with E-state index in [-0.39, 0.29) is 5.56 Å². The summed E-state index contributed by atoms with van der Waals surface area (Å²) < 4.78 is 34.1. The molecule has 0 atom stereocenters. The highest BCUT2D eigenvalue weighted by Crippen LogP contribution is 2.09. The minimum atomic E-state index is -3.93. The number of Topliss-reactive ketones (excluding diaryl/α,β-unsaturated/α-hetero) is 1. The molecule has 0 aliphatic heterocycles. The summed E-state index contributed by atoms with van der Waals surface area (Å²) in [7, 11) is 0.927. The van der Waals surface area contributed by atoms with Crippen LogP contribution in [0.4, 0.5) is 4.39 Å². The molecule has 0 saturated carbocycles. The Morgan fingerprint density at radius 3 is 2.43 bits per heavy atom. The van der Waals surface area contributed by atoms with Gasteiger partial charge < -0.3 is 0 Å². The first-order valence-electron chi connectivity index (χ1n) is 3.60. The summed E-state index contributed by atoms with van der Waals surface area (Å²) >= 11 is 0. The topological polar surface area (TPSA) is 51.2 Å². The van der Waals surface area contributed by atoms with Gasteiger partial charge in [0.2, 0.25) is 9.05 Å². The standard InChI is InChI=1S/C8H6ClFO3S/c9-14(12,13)5-8(11)6-3-1-2-4-7(6)10/h1-4H,5H2. The number of ketones is 1. The molecule has 0 radical (unpaired) electrons. The van der Waals surface area contributed by atoms with E-state index in [2.05, 4.69) is 0 Å². The molecule has 0 amide bonds. The smallest absolute Gasteiger partial charge is 0.240 e. The van der Waals surface area contributed by atoms with Crippen LogP contribution in [-0.4, -0.2) is 20.0 Å². The van der Waals surface area contributed by atoms with Crippen LogP contribution in [0.25, 0.3) is 0 Å². The molecule has 0 saturated heterocycles. The van der Waals surface area contributed by atoms with E-state index >= 15 is 0 Å². The molecule has 1 aromatic carbocycles. The van der Waals surface area contributed by atoms with Crippen LogP contribution in [0, 0.1) is 5.82 Å². The number of hydrogen-bond acceptors (Lipinski definition) is 3. The van der Waals surface area contributed by atoms with Crippen LogP contribution in [0.3, 0.4) is 0 Å². The van der Waals surface area contributed by atoms with Crippen molar-refractivity contribution in [2.24, 2.45) is 0 Å². The van der Waals surface area contributed by atoms with E-state index in [1.807, 2.05) is 0 Å². The maximum absolute atomic E-state index is 13.0. The molecule has 0 unspecified atom stereocenters. The average molecular weight is 237 g/mol. The van der Waals surface area contributed by atoms with E-state index in [4.69, 9.17) is 10.7 Å². The Morgan fingerprint density at radius 1 is 1.36 bits per heavy atom. The van der Waals surface area contributed by atoms with E-state index in [0.717, 1.165) is 6.07 Å². The number of rotatable bonds is 3. The molecule has 76 valence electrons. The quantitative estimate of drug-likeness (QED) is 0.591. The Bertz CT molecular complexity index is 455. The van der Waals surface area contributed by atoms with Crippen LogP contribution in [0.15, 0.2) is 24.3 Å². The van der Waals surface area contributed by atoms with E-state index in [9.17, 15) is 17.6 Å². The van der Waals surface area contributed by atoms with Gasteiger partial charge in [-0.15, -0.1) is 0 Å². The SMILES string of the molecule is O=C(CS(=O)(=O)Cl)c1ccccc1F. The molecule has 0 bridgehead atoms. The maximum atomic E-state index is 13.0. The molecule has 0 aliphatic carbocycles. The Balaban J connectivity index is 2.97. The lowest BCUT2D eigenvalue weighted by Crippen LogP contribution is -2.12. The Labute approximate surface area is 84.9 Å². The molecule has 3 nitrogen and oxygen atoms in total. The monoisotopic (exact) mass is 236 g/mol. The van der Waals surface area contributed by atoms with E-state index in [1.165, 1.54) is 18.2 Å². The fourth-order valence-electron chi connectivity index (χ4n) is 0.922. The Kier molecular flexibility index (Phi) is 3.23. The number of benzene rings is 1. The van der Waals surface area contributed by atoms with Gasteiger partial charge in [0, 0.05) is 10.7 Å². The van der Waals surface area contributed by atoms with Crippen LogP contribution in [0.1, 0.15) is 10.4 Å². The third kappa shape index (κ3) is 3.08. The Hall–Kier alpha value is -0.940. The lowest BCUT2D eigenvalue weighted by molar-refractivity contribution is 0.101. The molecule has 1 aromatic rings. The molecule has 0 fully saturated rings. The summed E-state index contributed by atoms with van der Waals surface area (Å²) in [6.07, 6.45) is 0. The number of carbonyl (C=O) groups excluding carboxylic acids is 1. The average Bonchev–Trinajstić information content (AvgIpc) is 2.01. The van der Waals surface area contributed by atoms with Crippen molar-refractivity contribution in [3.63, 3.8) is 0 Å². The second-order valence-electron chi connectivity index (χ2n) is 2.59. The van der Waals surface area contributed by atoms with Gasteiger partial charge in [-0.25, -0.2) is 12.8 Å². The van der Waals surface area contributed by atoms with Gasteiger partial charge in [-0.05, 0) is 12.1 Å². The highest BCUT2D eigenvalue weighted by Gasteiger charge is 2.17. The number of hydrogen-bond donors (Lipinski definition) is 0. The summed E-state index contributed by atoms with van der Waals surface area (Å²) in [4.78, 5) is 11.2. The molecular weight excluding hydrogens is 231 g/mol. The van der Waals surface area contributed by atoms with Gasteiger partial charge in [0.25, 0.3) is 0 Å². The molecule has 0 spiro atoms. The summed E-state index contributed by atoms with van der Waals surface area (Å²) in [5, 5.41) is 0. The fraction of sp³-hybridized carbons (Fsp3) is 0.125. The van der Waals surface area contributed by atoms with Gasteiger partial charge in [0.15, 0.2) is 5.78 Å². The third-order valence-corrected chi connectivity index (χ3v) is 2.41. The van der Waals surface area contributed by atoms with Crippen LogP contribution in [0.5, 0.6) is 0 Å². The van der Waals surface area contributed by atoms with E-state index in [1.54, 1.807) is 0 Å². The number of carbonyl (C=O) groups is 1. The zero-order valence-electron chi connectivity index (χ0n) is 6.91. The van der Waals surface area contributed by atoms with Gasteiger partial charge in [-0.3, -0.25) is 4.79 Å². The molecule has 0 aromatic heterocycles. The van der Waals surface area contributed by atoms with E-state index in [0.29, 0.717) is 0 Å². The highest BCUT2D eigenvalue weighted by atomic mass is 35.7. The Morgan fingerprint density at radius 2 is 1.93 bits per heavy atom. The van der Waals surface area contributed by atoms with Crippen LogP contribution >= 0.6 is 10.7 Å². The van der Waals surface area contributed by atoms with Gasteiger partial charge >= 0.3 is 0 Å². The predicted molar refractivity (Wildman–Crippen MR) is 50.4 cm³/mol. The lowest BCUT2D eigenvalue weighted by Gasteiger charge is -1.99. The van der Waals surface area contributed by atoms with E-state index < -0.39 is 26.4 Å². The van der Waals surface area contributed by atoms with Gasteiger partial charge in [0.05, 0.1) is 5.56 Å². The summed E-state index contributed by atoms with van der Waals surface area (Å²) in [6.45, 7) is 0. The minimum Gasteiger partial charge on any atom is -0.293 e. The van der Waals surface area contributed by atoms with Crippen LogP contribution in [0.2, 0.25) is 0 Å². The van der Waals surface area contributed by atoms with Crippen molar-refractivity contribution in [3.05, 3.63) is 35.6 Å². The zero-order chi connectivity index (χ0) is 10.8. The maximum Gasteiger partial charge on any atom is 0.240 e. The van der Waals surface area contributed by atoms with Crippen molar-refractivity contribution in [1.29, 1.82) is 0 Å². The van der Waals surface area contributed by atoms with Crippen LogP contribution < -0.4 is 0 Å². The second-order valence-corrected chi connectivity index (χ2v) is 5.36. The van der Waals surface area contributed by atoms with Crippen molar-refractivity contribution in [3.8, 4) is 0 Å². The normalized spacial score (nSPS) is 11.3. The minimum absolute atomic E-state index is 0.267. The van der Waals surface area contributed by atoms with Gasteiger partial charge in [-0.1, -0.05) is 12.1 Å². The van der Waals surface area contributed by atoms with Crippen molar-refractivity contribution >= 4 is 25.5 Å². The largest absolute Gasteiger partial charge is 0.293 e. The van der Waals surface area contributed by atoms with Crippen molar-refractivity contribution in [2.45, 2.75) is 0 Å². The molecule has 0 heterocycles. The summed E-state index contributed by atoms with van der Waals surface area (Å²) in [5.41, 5.74) is -0.267. The first-order valence-corrected chi connectivity index (χ1v) is 6.08. The first kappa shape index (κ1) is 11.1. The fourth-order valence-corrected chi connectivity index (χ4v) is 1.69. The zero-order valence-corrected chi connectivity index (χ0v) is 8.48. The predicted octanol–water partition coefficient (Wildman–Crippen LogP) is 1.58. The molecule has 1 rings (SSSR count). The van der Waals surface area contributed by atoms with Crippen molar-refractivity contribution < 1.29 is 17.6 Å². The third-order valence-electron chi connectivity index (χ3n) is 1.48. The summed E-state index contributed by atoms with van der Waals surface area (Å²) in [5.74, 6) is -2.49. The van der Waals surface area contributed by atoms with Gasteiger partial charge in [0.1, 0.15) is 11.6 Å². The van der Waals surface area contributed by atoms with Gasteiger partial charge in [-0.2, -0.15) is 0 Å². The molecule has 0 aliphatic rings. The highest BCUT2D eigenvalue weighted by molar-refractivity contribution is 8.14. The lowest BCUT2D eigenvalue weighted by atomic mass is 10.1. The molecule has 0 N–H and O–H groups in total. The van der Waals surface area contributed by atoms with Crippen LogP contribution in [-0.2, 0) is 9.05 Å².